The maximum absolute atomic E-state index is 9.29. The van der Waals surface area contributed by atoms with Gasteiger partial charge in [0, 0.05) is 6.04 Å². The first kappa shape index (κ1) is 8.93. The van der Waals surface area contributed by atoms with Crippen LogP contribution in [0.1, 0.15) is 13.3 Å². The molecule has 0 bridgehead atoms. The van der Waals surface area contributed by atoms with Crippen LogP contribution >= 0.6 is 0 Å². The van der Waals surface area contributed by atoms with Gasteiger partial charge in [0.05, 0.1) is 12.2 Å². The van der Waals surface area contributed by atoms with Gasteiger partial charge in [-0.25, -0.2) is 0 Å². The fraction of sp³-hybridized carbons (Fsp3) is 1.00. The molecule has 1 aliphatic carbocycles. The number of aliphatic hydroxyl groups is 3. The average molecular weight is 161 g/mol. The quantitative estimate of drug-likeness (QED) is 0.396. The highest BCUT2D eigenvalue weighted by atomic mass is 16.4. The monoisotopic (exact) mass is 161 g/mol. The molecule has 4 heteroatoms. The van der Waals surface area contributed by atoms with Crippen LogP contribution in [0.3, 0.4) is 0 Å². The Balaban J connectivity index is 2.45. The predicted octanol–water partition coefficient (Wildman–Crippen LogP) is -1.55. The minimum absolute atomic E-state index is 0.162. The van der Waals surface area contributed by atoms with E-state index in [-0.39, 0.29) is 6.04 Å². The third kappa shape index (κ3) is 1.70. The zero-order valence-electron chi connectivity index (χ0n) is 6.57. The first-order valence-electron chi connectivity index (χ1n) is 3.94. The summed E-state index contributed by atoms with van der Waals surface area (Å²) in [6, 6.07) is -0.162. The molecule has 0 aliphatic heterocycles. The van der Waals surface area contributed by atoms with Gasteiger partial charge in [0.1, 0.15) is 6.10 Å². The van der Waals surface area contributed by atoms with Crippen LogP contribution in [0.15, 0.2) is 0 Å². The SMILES string of the molecule is CCNC1CC(O)C(O)C1O. The third-order valence-corrected chi connectivity index (χ3v) is 2.12. The Bertz CT molecular complexity index is 131. The summed E-state index contributed by atoms with van der Waals surface area (Å²) in [7, 11) is 0. The Hall–Kier alpha value is -0.160. The molecular weight excluding hydrogens is 146 g/mol. The molecule has 4 N–H and O–H groups in total. The molecule has 0 aromatic heterocycles. The van der Waals surface area contributed by atoms with Crippen molar-refractivity contribution in [2.45, 2.75) is 37.7 Å². The standard InChI is InChI=1S/C7H15NO3/c1-2-8-4-3-5(9)7(11)6(4)10/h4-11H,2-3H2,1H3. The number of hydrogen-bond acceptors (Lipinski definition) is 4. The zero-order chi connectivity index (χ0) is 8.43. The van der Waals surface area contributed by atoms with Crippen LogP contribution in [0.5, 0.6) is 0 Å². The van der Waals surface area contributed by atoms with Crippen LogP contribution in [-0.4, -0.2) is 46.2 Å². The van der Waals surface area contributed by atoms with E-state index >= 15 is 0 Å². The van der Waals surface area contributed by atoms with Gasteiger partial charge < -0.3 is 20.6 Å². The van der Waals surface area contributed by atoms with E-state index in [1.807, 2.05) is 6.92 Å². The molecule has 0 amide bonds. The molecule has 4 atom stereocenters. The zero-order valence-corrected chi connectivity index (χ0v) is 6.57. The summed E-state index contributed by atoms with van der Waals surface area (Å²) in [6.07, 6.45) is -2.17. The Morgan fingerprint density at radius 3 is 2.27 bits per heavy atom. The smallest absolute Gasteiger partial charge is 0.107 e. The summed E-state index contributed by atoms with van der Waals surface area (Å²) in [5.74, 6) is 0. The Kier molecular flexibility index (Phi) is 2.84. The van der Waals surface area contributed by atoms with Crippen molar-refractivity contribution in [1.29, 1.82) is 0 Å². The highest BCUT2D eigenvalue weighted by molar-refractivity contribution is 4.95. The van der Waals surface area contributed by atoms with Crippen LogP contribution in [0.2, 0.25) is 0 Å². The summed E-state index contributed by atoms with van der Waals surface area (Å²) in [5, 5.41) is 30.5. The topological polar surface area (TPSA) is 72.7 Å². The largest absolute Gasteiger partial charge is 0.390 e. The van der Waals surface area contributed by atoms with Crippen molar-refractivity contribution in [3.8, 4) is 0 Å². The van der Waals surface area contributed by atoms with Crippen LogP contribution in [-0.2, 0) is 0 Å². The molecule has 1 saturated carbocycles. The minimum Gasteiger partial charge on any atom is -0.390 e. The van der Waals surface area contributed by atoms with Crippen molar-refractivity contribution in [2.24, 2.45) is 0 Å². The molecule has 0 aromatic rings. The maximum atomic E-state index is 9.29. The Morgan fingerprint density at radius 2 is 1.91 bits per heavy atom. The molecule has 0 radical (unpaired) electrons. The fourth-order valence-electron chi connectivity index (χ4n) is 1.47. The summed E-state index contributed by atoms with van der Waals surface area (Å²) in [4.78, 5) is 0. The molecular formula is C7H15NO3. The number of nitrogens with one attached hydrogen (secondary N) is 1. The van der Waals surface area contributed by atoms with Crippen molar-refractivity contribution in [2.75, 3.05) is 6.54 Å². The summed E-state index contributed by atoms with van der Waals surface area (Å²) in [5.41, 5.74) is 0. The summed E-state index contributed by atoms with van der Waals surface area (Å²) < 4.78 is 0. The number of hydrogen-bond donors (Lipinski definition) is 4. The second kappa shape index (κ2) is 3.49. The summed E-state index contributed by atoms with van der Waals surface area (Å²) >= 11 is 0. The van der Waals surface area contributed by atoms with Gasteiger partial charge in [-0.1, -0.05) is 6.92 Å². The lowest BCUT2D eigenvalue weighted by Gasteiger charge is -2.15. The van der Waals surface area contributed by atoms with Crippen LogP contribution in [0, 0.1) is 0 Å². The number of likely N-dealkylation sites (N-methyl/N-ethyl adjacent to an activating group) is 1. The fourth-order valence-corrected chi connectivity index (χ4v) is 1.47. The van der Waals surface area contributed by atoms with E-state index in [0.29, 0.717) is 6.42 Å². The molecule has 0 aromatic carbocycles. The van der Waals surface area contributed by atoms with Crippen molar-refractivity contribution >= 4 is 0 Å². The average Bonchev–Trinajstić information content (AvgIpc) is 2.19. The van der Waals surface area contributed by atoms with Crippen molar-refractivity contribution < 1.29 is 15.3 Å². The van der Waals surface area contributed by atoms with E-state index in [4.69, 9.17) is 10.2 Å². The summed E-state index contributed by atoms with van der Waals surface area (Å²) in [6.45, 7) is 2.66. The van der Waals surface area contributed by atoms with Crippen molar-refractivity contribution in [1.82, 2.24) is 5.32 Å². The Morgan fingerprint density at radius 1 is 1.27 bits per heavy atom. The molecule has 1 aliphatic rings. The van der Waals surface area contributed by atoms with Crippen LogP contribution in [0.25, 0.3) is 0 Å². The Labute approximate surface area is 65.9 Å². The van der Waals surface area contributed by atoms with E-state index in [1.54, 1.807) is 0 Å². The molecule has 0 heterocycles. The van der Waals surface area contributed by atoms with Crippen molar-refractivity contribution in [3.05, 3.63) is 0 Å². The van der Waals surface area contributed by atoms with Gasteiger partial charge in [0.15, 0.2) is 0 Å². The normalized spacial score (nSPS) is 44.7. The lowest BCUT2D eigenvalue weighted by Crippen LogP contribution is -2.40. The van der Waals surface area contributed by atoms with Gasteiger partial charge in [-0.05, 0) is 13.0 Å². The lowest BCUT2D eigenvalue weighted by atomic mass is 10.2. The van der Waals surface area contributed by atoms with Crippen LogP contribution < -0.4 is 5.32 Å². The first-order valence-corrected chi connectivity index (χ1v) is 3.94. The third-order valence-electron chi connectivity index (χ3n) is 2.12. The lowest BCUT2D eigenvalue weighted by molar-refractivity contribution is -0.0222. The van der Waals surface area contributed by atoms with E-state index in [1.165, 1.54) is 0 Å². The van der Waals surface area contributed by atoms with E-state index in [9.17, 15) is 5.11 Å². The van der Waals surface area contributed by atoms with E-state index < -0.39 is 18.3 Å². The van der Waals surface area contributed by atoms with Gasteiger partial charge in [-0.3, -0.25) is 0 Å². The second-order valence-corrected chi connectivity index (χ2v) is 2.95. The number of rotatable bonds is 2. The minimum atomic E-state index is -0.987. The molecule has 11 heavy (non-hydrogen) atoms. The predicted molar refractivity (Wildman–Crippen MR) is 40.1 cm³/mol. The van der Waals surface area contributed by atoms with Crippen LogP contribution in [0.4, 0.5) is 0 Å². The first-order chi connectivity index (χ1) is 5.16. The molecule has 0 saturated heterocycles. The maximum Gasteiger partial charge on any atom is 0.107 e. The van der Waals surface area contributed by atoms with Gasteiger partial charge >= 0.3 is 0 Å². The van der Waals surface area contributed by atoms with Gasteiger partial charge in [0.2, 0.25) is 0 Å². The number of aliphatic hydroxyl groups excluding tert-OH is 3. The van der Waals surface area contributed by atoms with Crippen molar-refractivity contribution in [3.63, 3.8) is 0 Å². The molecule has 4 nitrogen and oxygen atoms in total. The molecule has 4 unspecified atom stereocenters. The van der Waals surface area contributed by atoms with Gasteiger partial charge in [-0.2, -0.15) is 0 Å². The molecule has 66 valence electrons. The van der Waals surface area contributed by atoms with E-state index in [2.05, 4.69) is 5.32 Å². The van der Waals surface area contributed by atoms with E-state index in [0.717, 1.165) is 6.54 Å². The molecule has 1 fully saturated rings. The molecule has 0 spiro atoms. The van der Waals surface area contributed by atoms with Gasteiger partial charge in [0.25, 0.3) is 0 Å². The highest BCUT2D eigenvalue weighted by Gasteiger charge is 2.39. The second-order valence-electron chi connectivity index (χ2n) is 2.95. The highest BCUT2D eigenvalue weighted by Crippen LogP contribution is 2.20. The molecule has 1 rings (SSSR count). The van der Waals surface area contributed by atoms with Gasteiger partial charge in [-0.15, -0.1) is 0 Å².